The third-order valence-electron chi connectivity index (χ3n) is 3.83. The number of ketones is 1. The molecule has 1 aromatic rings. The second-order valence-corrected chi connectivity index (χ2v) is 5.78. The van der Waals surface area contributed by atoms with Crippen LogP contribution in [0.5, 0.6) is 0 Å². The van der Waals surface area contributed by atoms with Crippen LogP contribution in [0.15, 0.2) is 18.2 Å². The molecule has 110 valence electrons. The zero-order valence-electron chi connectivity index (χ0n) is 11.5. The van der Waals surface area contributed by atoms with Gasteiger partial charge in [0.2, 0.25) is 0 Å². The van der Waals surface area contributed by atoms with E-state index in [9.17, 15) is 14.3 Å². The highest BCUT2D eigenvalue weighted by atomic mass is 35.5. The molecule has 0 bridgehead atoms. The number of carbonyl (C=O) groups excluding carboxylic acids is 1. The van der Waals surface area contributed by atoms with Gasteiger partial charge in [-0.1, -0.05) is 17.7 Å². The summed E-state index contributed by atoms with van der Waals surface area (Å²) >= 11 is 5.67. The second-order valence-electron chi connectivity index (χ2n) is 5.37. The van der Waals surface area contributed by atoms with Gasteiger partial charge >= 0.3 is 0 Å². The summed E-state index contributed by atoms with van der Waals surface area (Å²) in [5.74, 6) is -0.834. The van der Waals surface area contributed by atoms with Crippen LogP contribution in [0.1, 0.15) is 31.2 Å². The summed E-state index contributed by atoms with van der Waals surface area (Å²) in [6.45, 7) is 3.61. The summed E-state index contributed by atoms with van der Waals surface area (Å²) in [6.07, 6.45) is 1.20. The van der Waals surface area contributed by atoms with E-state index in [1.807, 2.05) is 0 Å². The first kappa shape index (κ1) is 15.4. The number of Topliss-reactive ketones (excluding diaryl/α,β-unsaturated/α-hetero) is 1. The number of hydrogen-bond acceptors (Lipinski definition) is 3. The summed E-state index contributed by atoms with van der Waals surface area (Å²) in [5.41, 5.74) is 0.658. The van der Waals surface area contributed by atoms with Gasteiger partial charge in [0.15, 0.2) is 0 Å². The fourth-order valence-corrected chi connectivity index (χ4v) is 2.68. The second kappa shape index (κ2) is 6.66. The maximum absolute atomic E-state index is 13.5. The number of benzene rings is 1. The summed E-state index contributed by atoms with van der Waals surface area (Å²) in [6, 6.07) is 4.53. The van der Waals surface area contributed by atoms with Crippen molar-refractivity contribution in [2.24, 2.45) is 0 Å². The van der Waals surface area contributed by atoms with Crippen molar-refractivity contribution in [3.63, 3.8) is 0 Å². The lowest BCUT2D eigenvalue weighted by molar-refractivity contribution is -0.119. The van der Waals surface area contributed by atoms with Gasteiger partial charge in [0, 0.05) is 19.6 Å². The van der Waals surface area contributed by atoms with E-state index in [-0.39, 0.29) is 22.8 Å². The number of piperidine rings is 1. The minimum absolute atomic E-state index is 0.0119. The Morgan fingerprint density at radius 3 is 2.70 bits per heavy atom. The molecule has 5 heteroatoms. The molecular formula is C15H19ClFNO2. The number of nitrogens with zero attached hydrogens (tertiary/aromatic N) is 1. The van der Waals surface area contributed by atoms with Gasteiger partial charge in [-0.2, -0.15) is 0 Å². The fraction of sp³-hybridized carbons (Fsp3) is 0.533. The molecule has 1 N–H and O–H groups in total. The third-order valence-corrected chi connectivity index (χ3v) is 4.14. The molecule has 0 aliphatic carbocycles. The van der Waals surface area contributed by atoms with Crippen molar-refractivity contribution in [3.8, 4) is 0 Å². The lowest BCUT2D eigenvalue weighted by Gasteiger charge is -2.32. The van der Waals surface area contributed by atoms with E-state index < -0.39 is 5.82 Å². The van der Waals surface area contributed by atoms with E-state index in [1.54, 1.807) is 6.07 Å². The smallest absolute Gasteiger partial charge is 0.142 e. The molecule has 1 saturated heterocycles. The van der Waals surface area contributed by atoms with Gasteiger partial charge in [-0.25, -0.2) is 4.39 Å². The molecule has 3 nitrogen and oxygen atoms in total. The minimum Gasteiger partial charge on any atom is -0.393 e. The maximum Gasteiger partial charge on any atom is 0.142 e. The van der Waals surface area contributed by atoms with E-state index in [1.165, 1.54) is 19.1 Å². The van der Waals surface area contributed by atoms with Crippen molar-refractivity contribution in [1.82, 2.24) is 4.90 Å². The SMILES string of the molecule is CC(=O)[C@H](CN1CCC(O)CC1)c1ccc(Cl)c(F)c1. The minimum atomic E-state index is -0.496. The first-order chi connectivity index (χ1) is 9.47. The molecule has 1 aromatic carbocycles. The Hall–Kier alpha value is -0.970. The van der Waals surface area contributed by atoms with Gasteiger partial charge < -0.3 is 10.0 Å². The Morgan fingerprint density at radius 2 is 2.15 bits per heavy atom. The standard InChI is InChI=1S/C15H19ClFNO2/c1-10(19)13(9-18-6-4-12(20)5-7-18)11-2-3-14(16)15(17)8-11/h2-3,8,12-13,20H,4-7,9H2,1H3/t13-/m0/s1. The van der Waals surface area contributed by atoms with Crippen molar-refractivity contribution in [2.45, 2.75) is 31.8 Å². The molecule has 1 fully saturated rings. The average molecular weight is 300 g/mol. The highest BCUT2D eigenvalue weighted by Gasteiger charge is 2.24. The van der Waals surface area contributed by atoms with Crippen LogP contribution < -0.4 is 0 Å². The van der Waals surface area contributed by atoms with E-state index in [0.717, 1.165) is 25.9 Å². The van der Waals surface area contributed by atoms with Gasteiger partial charge in [-0.05, 0) is 37.5 Å². The Morgan fingerprint density at radius 1 is 1.50 bits per heavy atom. The van der Waals surface area contributed by atoms with Crippen molar-refractivity contribution in [3.05, 3.63) is 34.6 Å². The van der Waals surface area contributed by atoms with Crippen LogP contribution >= 0.6 is 11.6 Å². The van der Waals surface area contributed by atoms with E-state index >= 15 is 0 Å². The molecule has 0 aromatic heterocycles. The van der Waals surface area contributed by atoms with Crippen LogP contribution in [0.3, 0.4) is 0 Å². The van der Waals surface area contributed by atoms with E-state index in [4.69, 9.17) is 11.6 Å². The number of aliphatic hydroxyl groups excluding tert-OH is 1. The Kier molecular flexibility index (Phi) is 5.13. The average Bonchev–Trinajstić information content (AvgIpc) is 2.41. The Bertz CT molecular complexity index is 487. The molecule has 20 heavy (non-hydrogen) atoms. The summed E-state index contributed by atoms with van der Waals surface area (Å²) in [5, 5.41) is 9.56. The van der Waals surface area contributed by atoms with Crippen LogP contribution in [-0.2, 0) is 4.79 Å². The molecule has 1 aliphatic heterocycles. The fourth-order valence-electron chi connectivity index (χ4n) is 2.56. The largest absolute Gasteiger partial charge is 0.393 e. The first-order valence-corrected chi connectivity index (χ1v) is 7.21. The topological polar surface area (TPSA) is 40.5 Å². The molecule has 0 saturated carbocycles. The highest BCUT2D eigenvalue weighted by Crippen LogP contribution is 2.24. The van der Waals surface area contributed by atoms with E-state index in [0.29, 0.717) is 12.1 Å². The Labute approximate surface area is 123 Å². The normalized spacial score (nSPS) is 19.0. The molecule has 2 rings (SSSR count). The Balaban J connectivity index is 2.10. The zero-order valence-corrected chi connectivity index (χ0v) is 12.2. The molecule has 0 spiro atoms. The summed E-state index contributed by atoms with van der Waals surface area (Å²) < 4.78 is 13.5. The van der Waals surface area contributed by atoms with Gasteiger partial charge in [-0.3, -0.25) is 4.79 Å². The van der Waals surface area contributed by atoms with Gasteiger partial charge in [-0.15, -0.1) is 0 Å². The lowest BCUT2D eigenvalue weighted by atomic mass is 9.93. The lowest BCUT2D eigenvalue weighted by Crippen LogP contribution is -2.39. The summed E-state index contributed by atoms with van der Waals surface area (Å²) in [7, 11) is 0. The number of rotatable bonds is 4. The van der Waals surface area contributed by atoms with Crippen LogP contribution in [0.2, 0.25) is 5.02 Å². The molecule has 1 atom stereocenters. The molecule has 0 amide bonds. The van der Waals surface area contributed by atoms with Gasteiger partial charge in [0.05, 0.1) is 17.0 Å². The third kappa shape index (κ3) is 3.78. The first-order valence-electron chi connectivity index (χ1n) is 6.83. The number of aliphatic hydroxyl groups is 1. The molecule has 1 heterocycles. The molecular weight excluding hydrogens is 281 g/mol. The number of halogens is 2. The monoisotopic (exact) mass is 299 g/mol. The van der Waals surface area contributed by atoms with E-state index in [2.05, 4.69) is 4.90 Å². The van der Waals surface area contributed by atoms with Crippen LogP contribution in [-0.4, -0.2) is 41.5 Å². The van der Waals surface area contributed by atoms with Crippen molar-refractivity contribution in [2.75, 3.05) is 19.6 Å². The zero-order chi connectivity index (χ0) is 14.7. The van der Waals surface area contributed by atoms with Crippen molar-refractivity contribution >= 4 is 17.4 Å². The number of carbonyl (C=O) groups is 1. The number of likely N-dealkylation sites (tertiary alicyclic amines) is 1. The highest BCUT2D eigenvalue weighted by molar-refractivity contribution is 6.30. The maximum atomic E-state index is 13.5. The molecule has 0 radical (unpaired) electrons. The van der Waals surface area contributed by atoms with Gasteiger partial charge in [0.1, 0.15) is 11.6 Å². The summed E-state index contributed by atoms with van der Waals surface area (Å²) in [4.78, 5) is 14.0. The van der Waals surface area contributed by atoms with Gasteiger partial charge in [0.25, 0.3) is 0 Å². The van der Waals surface area contributed by atoms with Crippen LogP contribution in [0, 0.1) is 5.82 Å². The predicted molar refractivity (Wildman–Crippen MR) is 76.5 cm³/mol. The predicted octanol–water partition coefficient (Wildman–Crippen LogP) is 2.61. The quantitative estimate of drug-likeness (QED) is 0.929. The van der Waals surface area contributed by atoms with Crippen molar-refractivity contribution in [1.29, 1.82) is 0 Å². The number of hydrogen-bond donors (Lipinski definition) is 1. The molecule has 0 unspecified atom stereocenters. The van der Waals surface area contributed by atoms with Crippen LogP contribution in [0.4, 0.5) is 4.39 Å². The molecule has 1 aliphatic rings. The van der Waals surface area contributed by atoms with Crippen LogP contribution in [0.25, 0.3) is 0 Å². The van der Waals surface area contributed by atoms with Crippen molar-refractivity contribution < 1.29 is 14.3 Å².